The number of fused-ring (bicyclic) bond motifs is 1. The molecule has 8 heteroatoms. The first-order valence-corrected chi connectivity index (χ1v) is 13.2. The number of carbonyl (C=O) groups excluding carboxylic acids is 2. The minimum atomic E-state index is -0.649. The first-order chi connectivity index (χ1) is 18.9. The van der Waals surface area contributed by atoms with Crippen LogP contribution < -0.4 is 15.0 Å². The van der Waals surface area contributed by atoms with E-state index < -0.39 is 11.7 Å². The van der Waals surface area contributed by atoms with Crippen molar-refractivity contribution in [3.05, 3.63) is 117 Å². The highest BCUT2D eigenvalue weighted by atomic mass is 35.5. The van der Waals surface area contributed by atoms with Crippen LogP contribution in [0.15, 0.2) is 78.9 Å². The van der Waals surface area contributed by atoms with Gasteiger partial charge >= 0.3 is 0 Å². The quantitative estimate of drug-likeness (QED) is 0.267. The zero-order valence-corrected chi connectivity index (χ0v) is 22.7. The minimum Gasteiger partial charge on any atom is -0.497 e. The van der Waals surface area contributed by atoms with Crippen molar-refractivity contribution in [2.24, 2.45) is 0 Å². The third-order valence-corrected chi connectivity index (χ3v) is 7.39. The van der Waals surface area contributed by atoms with Crippen molar-refractivity contribution in [1.82, 2.24) is 5.32 Å². The number of carbonyl (C=O) groups is 2. The molecule has 4 aromatic carbocycles. The van der Waals surface area contributed by atoms with Gasteiger partial charge in [0.2, 0.25) is 0 Å². The zero-order chi connectivity index (χ0) is 27.5. The number of halogens is 3. The van der Waals surface area contributed by atoms with Crippen LogP contribution in [-0.4, -0.2) is 25.5 Å². The molecule has 5 rings (SSSR count). The van der Waals surface area contributed by atoms with Crippen LogP contribution in [0.25, 0.3) is 11.1 Å². The number of nitrogens with one attached hydrogen (secondary N) is 1. The Kier molecular flexibility index (Phi) is 7.87. The molecule has 0 saturated carbocycles. The molecule has 198 valence electrons. The lowest BCUT2D eigenvalue weighted by Crippen LogP contribution is -2.36. The molecule has 0 spiro atoms. The Labute approximate surface area is 236 Å². The Bertz CT molecular complexity index is 1550. The van der Waals surface area contributed by atoms with E-state index in [1.54, 1.807) is 30.2 Å². The lowest BCUT2D eigenvalue weighted by Gasteiger charge is -2.30. The smallest absolute Gasteiger partial charge is 0.262 e. The van der Waals surface area contributed by atoms with Crippen molar-refractivity contribution >= 4 is 40.7 Å². The van der Waals surface area contributed by atoms with Gasteiger partial charge in [-0.05, 0) is 84.1 Å². The maximum atomic E-state index is 14.5. The number of rotatable bonds is 6. The number of hydrogen-bond acceptors (Lipinski definition) is 3. The Hall–Kier alpha value is -3.87. The van der Waals surface area contributed by atoms with Gasteiger partial charge in [-0.25, -0.2) is 4.39 Å². The molecule has 0 radical (unpaired) electrons. The lowest BCUT2D eigenvalue weighted by atomic mass is 9.94. The Morgan fingerprint density at radius 3 is 2.59 bits per heavy atom. The number of aryl methyl sites for hydroxylation is 1. The minimum absolute atomic E-state index is 0.0806. The fraction of sp³-hybridized carbons (Fsp3) is 0.161. The number of benzene rings is 4. The summed E-state index contributed by atoms with van der Waals surface area (Å²) in [5.41, 5.74) is 4.42. The summed E-state index contributed by atoms with van der Waals surface area (Å²) in [6.07, 6.45) is 1.46. The summed E-state index contributed by atoms with van der Waals surface area (Å²) in [6, 6.07) is 22.5. The highest BCUT2D eigenvalue weighted by Crippen LogP contribution is 2.36. The third kappa shape index (κ3) is 5.63. The monoisotopic (exact) mass is 562 g/mol. The summed E-state index contributed by atoms with van der Waals surface area (Å²) in [5, 5.41) is 3.52. The molecule has 0 aromatic heterocycles. The highest BCUT2D eigenvalue weighted by Gasteiger charge is 2.27. The van der Waals surface area contributed by atoms with E-state index in [1.807, 2.05) is 42.5 Å². The summed E-state index contributed by atoms with van der Waals surface area (Å²) >= 11 is 12.7. The maximum Gasteiger partial charge on any atom is 0.262 e. The molecule has 5 nitrogen and oxygen atoms in total. The molecule has 1 aliphatic heterocycles. The molecule has 0 bridgehead atoms. The number of ether oxygens (including phenoxy) is 1. The summed E-state index contributed by atoms with van der Waals surface area (Å²) < 4.78 is 19.7. The van der Waals surface area contributed by atoms with E-state index in [1.165, 1.54) is 18.2 Å². The number of methoxy groups -OCH3 is 1. The van der Waals surface area contributed by atoms with E-state index >= 15 is 0 Å². The predicted molar refractivity (Wildman–Crippen MR) is 152 cm³/mol. The summed E-state index contributed by atoms with van der Waals surface area (Å²) in [4.78, 5) is 27.8. The second kappa shape index (κ2) is 11.5. The molecule has 1 aliphatic rings. The molecule has 1 N–H and O–H groups in total. The SMILES string of the molecule is COc1cccc(CNC(=O)c2ccc(Cl)c(-c3ccc4c(c3)CCCN4C(=O)c3c(F)cccc3Cl)c2)c1. The van der Waals surface area contributed by atoms with E-state index in [4.69, 9.17) is 27.9 Å². The molecule has 1 heterocycles. The van der Waals surface area contributed by atoms with Crippen LogP contribution in [0.2, 0.25) is 10.0 Å². The molecule has 0 aliphatic carbocycles. The average Bonchev–Trinajstić information content (AvgIpc) is 2.95. The lowest BCUT2D eigenvalue weighted by molar-refractivity contribution is 0.0949. The van der Waals surface area contributed by atoms with E-state index in [9.17, 15) is 14.0 Å². The molecule has 4 aromatic rings. The molecule has 0 saturated heterocycles. The van der Waals surface area contributed by atoms with E-state index in [-0.39, 0.29) is 16.5 Å². The predicted octanol–water partition coefficient (Wildman–Crippen LogP) is 7.33. The molecule has 0 unspecified atom stereocenters. The zero-order valence-electron chi connectivity index (χ0n) is 21.1. The van der Waals surface area contributed by atoms with Gasteiger partial charge in [-0.2, -0.15) is 0 Å². The topological polar surface area (TPSA) is 58.6 Å². The number of nitrogens with zero attached hydrogens (tertiary/aromatic N) is 1. The van der Waals surface area contributed by atoms with Gasteiger partial charge in [0, 0.05) is 34.9 Å². The average molecular weight is 563 g/mol. The fourth-order valence-corrected chi connectivity index (χ4v) is 5.24. The highest BCUT2D eigenvalue weighted by molar-refractivity contribution is 6.34. The Balaban J connectivity index is 1.39. The van der Waals surface area contributed by atoms with Gasteiger partial charge in [-0.15, -0.1) is 0 Å². The van der Waals surface area contributed by atoms with Crippen molar-refractivity contribution in [3.63, 3.8) is 0 Å². The Morgan fingerprint density at radius 2 is 1.79 bits per heavy atom. The van der Waals surface area contributed by atoms with Crippen LogP contribution in [0.3, 0.4) is 0 Å². The van der Waals surface area contributed by atoms with Crippen LogP contribution in [0.1, 0.15) is 38.3 Å². The van der Waals surface area contributed by atoms with Gasteiger partial charge in [0.05, 0.1) is 17.7 Å². The molecule has 0 atom stereocenters. The second-order valence-electron chi connectivity index (χ2n) is 9.23. The van der Waals surface area contributed by atoms with Gasteiger partial charge in [0.1, 0.15) is 11.6 Å². The standard InChI is InChI=1S/C31H25Cl2FN2O3/c1-39-23-7-2-5-19(15-23)18-35-30(37)22-10-12-25(32)24(17-22)20-11-13-28-21(16-20)6-4-14-36(28)31(38)29-26(33)8-3-9-27(29)34/h2-3,5,7-13,15-17H,4,6,14,18H2,1H3,(H,35,37). The number of anilines is 1. The first kappa shape index (κ1) is 26.7. The van der Waals surface area contributed by atoms with Gasteiger partial charge in [0.15, 0.2) is 0 Å². The van der Waals surface area contributed by atoms with E-state index in [0.29, 0.717) is 41.3 Å². The third-order valence-electron chi connectivity index (χ3n) is 6.75. The van der Waals surface area contributed by atoms with Crippen LogP contribution in [0.4, 0.5) is 10.1 Å². The van der Waals surface area contributed by atoms with Crippen LogP contribution in [0, 0.1) is 5.82 Å². The van der Waals surface area contributed by atoms with Gasteiger partial charge in [0.25, 0.3) is 11.8 Å². The summed E-state index contributed by atoms with van der Waals surface area (Å²) in [7, 11) is 1.60. The van der Waals surface area contributed by atoms with Crippen molar-refractivity contribution in [3.8, 4) is 16.9 Å². The largest absolute Gasteiger partial charge is 0.497 e. The molecular weight excluding hydrogens is 538 g/mol. The van der Waals surface area contributed by atoms with Crippen LogP contribution in [-0.2, 0) is 13.0 Å². The van der Waals surface area contributed by atoms with Crippen molar-refractivity contribution in [2.75, 3.05) is 18.6 Å². The molecular formula is C31H25Cl2FN2O3. The normalized spacial score (nSPS) is 12.6. The molecule has 2 amide bonds. The number of hydrogen-bond donors (Lipinski definition) is 1. The van der Waals surface area contributed by atoms with Crippen LogP contribution in [0.5, 0.6) is 5.75 Å². The second-order valence-corrected chi connectivity index (χ2v) is 10.0. The molecule has 39 heavy (non-hydrogen) atoms. The van der Waals surface area contributed by atoms with Gasteiger partial charge < -0.3 is 15.0 Å². The summed E-state index contributed by atoms with van der Waals surface area (Å²) in [5.74, 6) is -0.628. The van der Waals surface area contributed by atoms with Crippen molar-refractivity contribution in [2.45, 2.75) is 19.4 Å². The van der Waals surface area contributed by atoms with Crippen molar-refractivity contribution < 1.29 is 18.7 Å². The fourth-order valence-electron chi connectivity index (χ4n) is 4.77. The first-order valence-electron chi connectivity index (χ1n) is 12.5. The van der Waals surface area contributed by atoms with E-state index in [0.717, 1.165) is 28.9 Å². The maximum absolute atomic E-state index is 14.5. The van der Waals surface area contributed by atoms with E-state index in [2.05, 4.69) is 5.32 Å². The van der Waals surface area contributed by atoms with Crippen LogP contribution >= 0.6 is 23.2 Å². The summed E-state index contributed by atoms with van der Waals surface area (Å²) in [6.45, 7) is 0.808. The van der Waals surface area contributed by atoms with Gasteiger partial charge in [-0.3, -0.25) is 9.59 Å². The number of amides is 2. The van der Waals surface area contributed by atoms with Gasteiger partial charge in [-0.1, -0.05) is 47.5 Å². The Morgan fingerprint density at radius 1 is 0.974 bits per heavy atom. The molecule has 0 fully saturated rings. The van der Waals surface area contributed by atoms with Crippen molar-refractivity contribution in [1.29, 1.82) is 0 Å².